The largest absolute Gasteiger partial charge is 0.256 e. The minimum atomic E-state index is 0.786. The number of nitrogens with zero attached hydrogens (tertiary/aromatic N) is 5. The first-order valence-corrected chi connectivity index (χ1v) is 9.60. The zero-order valence-corrected chi connectivity index (χ0v) is 16.1. The van der Waals surface area contributed by atoms with Crippen LogP contribution in [0.1, 0.15) is 0 Å². The van der Waals surface area contributed by atoms with Crippen LogP contribution in [-0.2, 0) is 0 Å². The fourth-order valence-corrected chi connectivity index (χ4v) is 3.46. The summed E-state index contributed by atoms with van der Waals surface area (Å²) in [7, 11) is 0. The van der Waals surface area contributed by atoms with Gasteiger partial charge in [0.15, 0.2) is 0 Å². The van der Waals surface area contributed by atoms with Crippen LogP contribution in [0, 0.1) is 0 Å². The van der Waals surface area contributed by atoms with Crippen molar-refractivity contribution in [2.24, 2.45) is 0 Å². The van der Waals surface area contributed by atoms with Crippen molar-refractivity contribution < 1.29 is 0 Å². The summed E-state index contributed by atoms with van der Waals surface area (Å²) in [5.41, 5.74) is 6.87. The average Bonchev–Trinajstić information content (AvgIpc) is 2.85. The van der Waals surface area contributed by atoms with Gasteiger partial charge in [-0.3, -0.25) is 24.9 Å². The van der Waals surface area contributed by atoms with Gasteiger partial charge in [-0.05, 0) is 60.7 Å². The second-order valence-electron chi connectivity index (χ2n) is 6.63. The van der Waals surface area contributed by atoms with E-state index in [0.717, 1.165) is 45.2 Å². The van der Waals surface area contributed by atoms with Crippen molar-refractivity contribution >= 4 is 0 Å². The van der Waals surface area contributed by atoms with Gasteiger partial charge in [0.2, 0.25) is 0 Å². The number of pyridine rings is 5. The normalized spacial score (nSPS) is 10.7. The van der Waals surface area contributed by atoms with E-state index in [1.807, 2.05) is 72.8 Å². The Balaban J connectivity index is 1.73. The van der Waals surface area contributed by atoms with E-state index in [2.05, 4.69) is 15.0 Å². The number of rotatable bonds is 4. The van der Waals surface area contributed by atoms with E-state index in [-0.39, 0.29) is 0 Å². The molecule has 0 unspecified atom stereocenters. The molecule has 0 spiro atoms. The minimum absolute atomic E-state index is 0.786. The van der Waals surface area contributed by atoms with Crippen LogP contribution in [0.4, 0.5) is 0 Å². The summed E-state index contributed by atoms with van der Waals surface area (Å²) in [6, 6.07) is 23.5. The van der Waals surface area contributed by atoms with Crippen LogP contribution in [0.25, 0.3) is 45.2 Å². The van der Waals surface area contributed by atoms with Crippen molar-refractivity contribution in [1.29, 1.82) is 0 Å². The molecule has 5 heterocycles. The highest BCUT2D eigenvalue weighted by Crippen LogP contribution is 2.37. The Kier molecular flexibility index (Phi) is 4.76. The topological polar surface area (TPSA) is 64.5 Å². The smallest absolute Gasteiger partial charge is 0.0980 e. The van der Waals surface area contributed by atoms with Crippen molar-refractivity contribution in [3.63, 3.8) is 0 Å². The Hall–Kier alpha value is -4.25. The van der Waals surface area contributed by atoms with Gasteiger partial charge in [-0.2, -0.15) is 0 Å². The molecule has 0 aliphatic rings. The van der Waals surface area contributed by atoms with Gasteiger partial charge in [0.1, 0.15) is 0 Å². The molecule has 0 aromatic carbocycles. The highest BCUT2D eigenvalue weighted by molar-refractivity contribution is 5.90. The third-order valence-corrected chi connectivity index (χ3v) is 4.78. The Bertz CT molecular complexity index is 1190. The molecule has 5 rings (SSSR count). The van der Waals surface area contributed by atoms with E-state index in [9.17, 15) is 0 Å². The molecule has 5 nitrogen and oxygen atoms in total. The molecule has 0 bridgehead atoms. The van der Waals surface area contributed by atoms with Crippen LogP contribution in [0.5, 0.6) is 0 Å². The summed E-state index contributed by atoms with van der Waals surface area (Å²) >= 11 is 0. The Labute approximate surface area is 174 Å². The standard InChI is InChI=1S/C25H17N5/c1-3-13-26-21(11-1)18-8-5-15-28-23(18)19-9-6-16-29-24(19)20-10-7-17-30-25(20)22-12-2-4-14-27-22/h1-17H. The van der Waals surface area contributed by atoms with Crippen LogP contribution in [0.3, 0.4) is 0 Å². The van der Waals surface area contributed by atoms with Crippen molar-refractivity contribution in [3.8, 4) is 45.2 Å². The van der Waals surface area contributed by atoms with E-state index < -0.39 is 0 Å². The van der Waals surface area contributed by atoms with Crippen LogP contribution in [0.15, 0.2) is 104 Å². The summed E-state index contributed by atoms with van der Waals surface area (Å²) in [4.78, 5) is 23.0. The molecule has 0 amide bonds. The highest BCUT2D eigenvalue weighted by Gasteiger charge is 2.18. The predicted molar refractivity (Wildman–Crippen MR) is 117 cm³/mol. The predicted octanol–water partition coefficient (Wildman–Crippen LogP) is 5.33. The molecule has 30 heavy (non-hydrogen) atoms. The first kappa shape index (κ1) is 17.8. The minimum Gasteiger partial charge on any atom is -0.256 e. The molecule has 0 saturated heterocycles. The fourth-order valence-electron chi connectivity index (χ4n) is 3.46. The first-order chi connectivity index (χ1) is 14.9. The average molecular weight is 387 g/mol. The maximum atomic E-state index is 4.72. The monoisotopic (exact) mass is 387 g/mol. The Morgan fingerprint density at radius 2 is 0.800 bits per heavy atom. The molecule has 5 aromatic heterocycles. The molecular weight excluding hydrogens is 370 g/mol. The number of aromatic nitrogens is 5. The number of hydrogen-bond acceptors (Lipinski definition) is 5. The first-order valence-electron chi connectivity index (χ1n) is 9.60. The third kappa shape index (κ3) is 3.33. The Morgan fingerprint density at radius 3 is 1.40 bits per heavy atom. The highest BCUT2D eigenvalue weighted by atomic mass is 14.8. The molecule has 0 radical (unpaired) electrons. The molecule has 0 atom stereocenters. The van der Waals surface area contributed by atoms with Crippen LogP contribution in [-0.4, -0.2) is 24.9 Å². The van der Waals surface area contributed by atoms with Crippen LogP contribution < -0.4 is 0 Å². The van der Waals surface area contributed by atoms with Gasteiger partial charge in [-0.25, -0.2) is 0 Å². The maximum Gasteiger partial charge on any atom is 0.0980 e. The summed E-state index contributed by atoms with van der Waals surface area (Å²) in [5.74, 6) is 0. The van der Waals surface area contributed by atoms with Gasteiger partial charge in [-0.15, -0.1) is 0 Å². The molecule has 0 aliphatic heterocycles. The van der Waals surface area contributed by atoms with E-state index in [1.54, 1.807) is 31.0 Å². The van der Waals surface area contributed by atoms with E-state index >= 15 is 0 Å². The summed E-state index contributed by atoms with van der Waals surface area (Å²) in [6.45, 7) is 0. The number of hydrogen-bond donors (Lipinski definition) is 0. The fraction of sp³-hybridized carbons (Fsp3) is 0. The second kappa shape index (κ2) is 8.01. The molecular formula is C25H17N5. The van der Waals surface area contributed by atoms with Gasteiger partial charge in [-0.1, -0.05) is 12.1 Å². The molecule has 0 N–H and O–H groups in total. The van der Waals surface area contributed by atoms with Gasteiger partial charge >= 0.3 is 0 Å². The van der Waals surface area contributed by atoms with Crippen molar-refractivity contribution in [3.05, 3.63) is 104 Å². The third-order valence-electron chi connectivity index (χ3n) is 4.78. The Morgan fingerprint density at radius 1 is 0.333 bits per heavy atom. The lowest BCUT2D eigenvalue weighted by Crippen LogP contribution is -1.97. The van der Waals surface area contributed by atoms with Crippen molar-refractivity contribution in [2.75, 3.05) is 0 Å². The molecule has 0 aliphatic carbocycles. The van der Waals surface area contributed by atoms with Crippen LogP contribution in [0.2, 0.25) is 0 Å². The molecule has 5 heteroatoms. The second-order valence-corrected chi connectivity index (χ2v) is 6.63. The molecule has 5 aromatic rings. The van der Waals surface area contributed by atoms with Gasteiger partial charge in [0.25, 0.3) is 0 Å². The van der Waals surface area contributed by atoms with Crippen molar-refractivity contribution in [1.82, 2.24) is 24.9 Å². The lowest BCUT2D eigenvalue weighted by molar-refractivity contribution is 1.22. The lowest BCUT2D eigenvalue weighted by Gasteiger charge is -2.14. The van der Waals surface area contributed by atoms with E-state index in [1.165, 1.54) is 0 Å². The molecule has 142 valence electrons. The van der Waals surface area contributed by atoms with Gasteiger partial charge in [0, 0.05) is 47.7 Å². The zero-order valence-electron chi connectivity index (χ0n) is 16.1. The lowest BCUT2D eigenvalue weighted by atomic mass is 9.97. The quantitative estimate of drug-likeness (QED) is 0.417. The summed E-state index contributed by atoms with van der Waals surface area (Å²) in [6.07, 6.45) is 8.91. The van der Waals surface area contributed by atoms with E-state index in [4.69, 9.17) is 9.97 Å². The van der Waals surface area contributed by atoms with Crippen molar-refractivity contribution in [2.45, 2.75) is 0 Å². The maximum absolute atomic E-state index is 4.72. The van der Waals surface area contributed by atoms with Gasteiger partial charge < -0.3 is 0 Å². The summed E-state index contributed by atoms with van der Waals surface area (Å²) < 4.78 is 0. The van der Waals surface area contributed by atoms with Gasteiger partial charge in [0.05, 0.1) is 28.5 Å². The SMILES string of the molecule is c1ccc(-c2cccnc2-c2cccnc2-c2cccnc2-c2ccccn2)nc1. The zero-order chi connectivity index (χ0) is 20.2. The summed E-state index contributed by atoms with van der Waals surface area (Å²) in [5, 5.41) is 0. The molecule has 0 saturated carbocycles. The van der Waals surface area contributed by atoms with Crippen LogP contribution >= 0.6 is 0 Å². The van der Waals surface area contributed by atoms with E-state index in [0.29, 0.717) is 0 Å². The molecule has 0 fully saturated rings.